The fourth-order valence-electron chi connectivity index (χ4n) is 4.58. The van der Waals surface area contributed by atoms with Crippen molar-refractivity contribution in [2.75, 3.05) is 6.61 Å². The number of aliphatic hydroxyl groups excluding tert-OH is 1. The van der Waals surface area contributed by atoms with Crippen LogP contribution in [0, 0.1) is 6.92 Å². The van der Waals surface area contributed by atoms with E-state index >= 15 is 0 Å². The fourth-order valence-corrected chi connectivity index (χ4v) is 4.58. The molecular formula is C20H26N2O4. The van der Waals surface area contributed by atoms with Crippen LogP contribution in [0.3, 0.4) is 0 Å². The molecule has 26 heavy (non-hydrogen) atoms. The Morgan fingerprint density at radius 2 is 2.04 bits per heavy atom. The zero-order valence-corrected chi connectivity index (χ0v) is 15.5. The maximum absolute atomic E-state index is 12.5. The van der Waals surface area contributed by atoms with Crippen molar-refractivity contribution in [3.63, 3.8) is 0 Å². The van der Waals surface area contributed by atoms with Crippen molar-refractivity contribution >= 4 is 5.91 Å². The molecule has 2 aliphatic carbocycles. The van der Waals surface area contributed by atoms with Crippen LogP contribution in [-0.4, -0.2) is 46.6 Å². The van der Waals surface area contributed by atoms with Crippen molar-refractivity contribution in [1.82, 2.24) is 10.2 Å². The van der Waals surface area contributed by atoms with E-state index in [9.17, 15) is 9.90 Å². The summed E-state index contributed by atoms with van der Waals surface area (Å²) < 4.78 is 12.3. The number of hydrogen-bond acceptors (Lipinski definition) is 5. The predicted molar refractivity (Wildman–Crippen MR) is 95.1 cm³/mol. The van der Waals surface area contributed by atoms with E-state index in [0.717, 1.165) is 30.9 Å². The molecule has 2 aliphatic heterocycles. The smallest absolute Gasteiger partial charge is 0.245 e. The van der Waals surface area contributed by atoms with Gasteiger partial charge < -0.3 is 14.6 Å². The van der Waals surface area contributed by atoms with E-state index < -0.39 is 11.9 Å². The highest BCUT2D eigenvalue weighted by molar-refractivity contribution is 5.88. The zero-order valence-electron chi connectivity index (χ0n) is 15.5. The van der Waals surface area contributed by atoms with Gasteiger partial charge in [0.15, 0.2) is 6.35 Å². The van der Waals surface area contributed by atoms with Gasteiger partial charge in [-0.3, -0.25) is 15.0 Å². The molecule has 2 N–H and O–H groups in total. The zero-order chi connectivity index (χ0) is 18.3. The van der Waals surface area contributed by atoms with Gasteiger partial charge in [-0.25, -0.2) is 0 Å². The molecule has 4 aliphatic rings. The third kappa shape index (κ3) is 2.21. The standard InChI is InChI=1S/C20H26N2O4/c1-11-4-5-14(15-16(11)25-10-20(15)6-7-20)26-13-8-12(9-13)22-17(23)19(2,3)21-18(22)24/h4-5,12-13,18,21,24H,6-10H2,1-3H3/t12-,13+,18?. The summed E-state index contributed by atoms with van der Waals surface area (Å²) in [5.41, 5.74) is 1.89. The number of nitrogens with one attached hydrogen (secondary N) is 1. The summed E-state index contributed by atoms with van der Waals surface area (Å²) in [6.07, 6.45) is 3.00. The van der Waals surface area contributed by atoms with Crippen LogP contribution in [0.25, 0.3) is 0 Å². The highest BCUT2D eigenvalue weighted by Crippen LogP contribution is 2.59. The van der Waals surface area contributed by atoms with E-state index in [-0.39, 0.29) is 23.5 Å². The number of amides is 1. The van der Waals surface area contributed by atoms with Crippen molar-refractivity contribution < 1.29 is 19.4 Å². The molecule has 6 heteroatoms. The molecule has 0 aromatic heterocycles. The highest BCUT2D eigenvalue weighted by Gasteiger charge is 2.54. The molecule has 0 radical (unpaired) electrons. The van der Waals surface area contributed by atoms with Gasteiger partial charge in [-0.2, -0.15) is 0 Å². The van der Waals surface area contributed by atoms with E-state index in [1.807, 2.05) is 0 Å². The van der Waals surface area contributed by atoms with Crippen LogP contribution in [0.5, 0.6) is 11.5 Å². The van der Waals surface area contributed by atoms with Crippen LogP contribution in [0.2, 0.25) is 0 Å². The first-order valence-electron chi connectivity index (χ1n) is 9.53. The monoisotopic (exact) mass is 358 g/mol. The first-order chi connectivity index (χ1) is 12.3. The van der Waals surface area contributed by atoms with Gasteiger partial charge in [0.2, 0.25) is 5.91 Å². The molecule has 6 nitrogen and oxygen atoms in total. The molecule has 3 fully saturated rings. The number of nitrogens with zero attached hydrogens (tertiary/aromatic N) is 1. The lowest BCUT2D eigenvalue weighted by Crippen LogP contribution is -2.54. The second kappa shape index (κ2) is 5.14. The van der Waals surface area contributed by atoms with Gasteiger partial charge in [0.1, 0.15) is 17.6 Å². The first kappa shape index (κ1) is 16.4. The van der Waals surface area contributed by atoms with Gasteiger partial charge in [-0.15, -0.1) is 0 Å². The average molecular weight is 358 g/mol. The number of rotatable bonds is 3. The van der Waals surface area contributed by atoms with E-state index in [1.165, 1.54) is 24.0 Å². The molecular weight excluding hydrogens is 332 g/mol. The summed E-state index contributed by atoms with van der Waals surface area (Å²) in [4.78, 5) is 14.0. The first-order valence-corrected chi connectivity index (χ1v) is 9.53. The number of benzene rings is 1. The SMILES string of the molecule is Cc1ccc(O[C@H]2C[C@@H](N3C(=O)C(C)(C)NC3O)C2)c2c1OCC21CC1. The maximum atomic E-state index is 12.5. The summed E-state index contributed by atoms with van der Waals surface area (Å²) in [5, 5.41) is 13.1. The lowest BCUT2D eigenvalue weighted by molar-refractivity contribution is -0.145. The third-order valence-corrected chi connectivity index (χ3v) is 6.47. The number of carbonyl (C=O) groups is 1. The maximum Gasteiger partial charge on any atom is 0.245 e. The summed E-state index contributed by atoms with van der Waals surface area (Å²) in [5.74, 6) is 1.90. The minimum Gasteiger partial charge on any atom is -0.492 e. The Kier molecular flexibility index (Phi) is 3.24. The minimum absolute atomic E-state index is 0.0291. The number of fused-ring (bicyclic) bond motifs is 2. The van der Waals surface area contributed by atoms with Crippen LogP contribution >= 0.6 is 0 Å². The Hall–Kier alpha value is -1.79. The summed E-state index contributed by atoms with van der Waals surface area (Å²) >= 11 is 0. The molecule has 1 unspecified atom stereocenters. The van der Waals surface area contributed by atoms with Gasteiger partial charge in [0, 0.05) is 29.9 Å². The van der Waals surface area contributed by atoms with Crippen LogP contribution < -0.4 is 14.8 Å². The molecule has 1 atom stereocenters. The van der Waals surface area contributed by atoms with Gasteiger partial charge >= 0.3 is 0 Å². The number of hydrogen-bond donors (Lipinski definition) is 2. The Bertz CT molecular complexity index is 780. The minimum atomic E-state index is -0.907. The summed E-state index contributed by atoms with van der Waals surface area (Å²) in [7, 11) is 0. The number of carbonyl (C=O) groups excluding carboxylic acids is 1. The van der Waals surface area contributed by atoms with Crippen LogP contribution in [0.15, 0.2) is 12.1 Å². The predicted octanol–water partition coefficient (Wildman–Crippen LogP) is 1.82. The molecule has 1 saturated heterocycles. The lowest BCUT2D eigenvalue weighted by atomic mass is 9.87. The Morgan fingerprint density at radius 1 is 1.31 bits per heavy atom. The van der Waals surface area contributed by atoms with Crippen molar-refractivity contribution in [2.24, 2.45) is 0 Å². The topological polar surface area (TPSA) is 71.0 Å². The highest BCUT2D eigenvalue weighted by atomic mass is 16.5. The average Bonchev–Trinajstić information content (AvgIpc) is 3.15. The Labute approximate surface area is 153 Å². The van der Waals surface area contributed by atoms with Crippen molar-refractivity contribution in [3.05, 3.63) is 23.3 Å². The Morgan fingerprint density at radius 3 is 2.65 bits per heavy atom. The van der Waals surface area contributed by atoms with E-state index in [4.69, 9.17) is 9.47 Å². The molecule has 1 aromatic rings. The van der Waals surface area contributed by atoms with E-state index in [0.29, 0.717) is 0 Å². The number of ether oxygens (including phenoxy) is 2. The fraction of sp³-hybridized carbons (Fsp3) is 0.650. The van der Waals surface area contributed by atoms with Crippen molar-refractivity contribution in [3.8, 4) is 11.5 Å². The molecule has 140 valence electrons. The van der Waals surface area contributed by atoms with E-state index in [2.05, 4.69) is 24.4 Å². The quantitative estimate of drug-likeness (QED) is 0.862. The van der Waals surface area contributed by atoms with Crippen LogP contribution in [0.1, 0.15) is 50.7 Å². The molecule has 1 aromatic carbocycles. The van der Waals surface area contributed by atoms with Gasteiger partial charge in [-0.05, 0) is 45.2 Å². The normalized spacial score (nSPS) is 33.0. The second-order valence-electron chi connectivity index (χ2n) is 8.87. The third-order valence-electron chi connectivity index (χ3n) is 6.47. The Balaban J connectivity index is 1.30. The molecule has 2 saturated carbocycles. The van der Waals surface area contributed by atoms with Crippen molar-refractivity contribution in [1.29, 1.82) is 0 Å². The lowest BCUT2D eigenvalue weighted by Gasteiger charge is -2.42. The molecule has 0 bridgehead atoms. The molecule has 5 rings (SSSR count). The second-order valence-corrected chi connectivity index (χ2v) is 8.87. The van der Waals surface area contributed by atoms with Gasteiger partial charge in [-0.1, -0.05) is 6.07 Å². The van der Waals surface area contributed by atoms with Gasteiger partial charge in [0.25, 0.3) is 0 Å². The van der Waals surface area contributed by atoms with Crippen LogP contribution in [0.4, 0.5) is 0 Å². The molecule has 1 amide bonds. The van der Waals surface area contributed by atoms with E-state index in [1.54, 1.807) is 18.7 Å². The number of aliphatic hydroxyl groups is 1. The molecule has 2 heterocycles. The van der Waals surface area contributed by atoms with Crippen LogP contribution in [-0.2, 0) is 10.2 Å². The van der Waals surface area contributed by atoms with Crippen molar-refractivity contribution in [2.45, 2.75) is 75.9 Å². The number of aryl methyl sites for hydroxylation is 1. The summed E-state index contributed by atoms with van der Waals surface area (Å²) in [6, 6.07) is 4.16. The molecule has 1 spiro atoms. The largest absolute Gasteiger partial charge is 0.492 e. The summed E-state index contributed by atoms with van der Waals surface area (Å²) in [6.45, 7) is 6.45. The van der Waals surface area contributed by atoms with Gasteiger partial charge in [0.05, 0.1) is 12.1 Å².